The normalized spacial score (nSPS) is 15.9. The summed E-state index contributed by atoms with van der Waals surface area (Å²) >= 11 is 0. The molecule has 0 bridgehead atoms. The SMILES string of the molecule is CCC(C)C(N)C(=O)NC(CCCCN)C(=O)NC(CO)C(=O)NC(CO)C(=O)O. The number of unbranched alkanes of at least 4 members (excludes halogenated alkanes) is 1. The molecule has 0 aliphatic rings. The smallest absolute Gasteiger partial charge is 0.328 e. The van der Waals surface area contributed by atoms with E-state index in [1.165, 1.54) is 0 Å². The molecule has 0 heterocycles. The van der Waals surface area contributed by atoms with Gasteiger partial charge in [0.1, 0.15) is 18.1 Å². The number of aliphatic hydroxyl groups is 2. The van der Waals surface area contributed by atoms with E-state index in [-0.39, 0.29) is 12.3 Å². The highest BCUT2D eigenvalue weighted by Crippen LogP contribution is 2.07. The maximum atomic E-state index is 12.6. The molecule has 0 aromatic carbocycles. The van der Waals surface area contributed by atoms with E-state index in [2.05, 4.69) is 10.6 Å². The molecular weight excluding hydrogens is 398 g/mol. The van der Waals surface area contributed by atoms with Crippen LogP contribution in [0.1, 0.15) is 39.5 Å². The van der Waals surface area contributed by atoms with E-state index >= 15 is 0 Å². The molecule has 174 valence electrons. The van der Waals surface area contributed by atoms with Gasteiger partial charge in [-0.15, -0.1) is 0 Å². The number of rotatable bonds is 15. The van der Waals surface area contributed by atoms with Gasteiger partial charge < -0.3 is 42.7 Å². The zero-order chi connectivity index (χ0) is 23.3. The number of aliphatic hydroxyl groups excluding tert-OH is 2. The Balaban J connectivity index is 5.20. The molecule has 3 amide bonds. The second kappa shape index (κ2) is 14.7. The molecule has 0 saturated carbocycles. The Labute approximate surface area is 175 Å². The predicted molar refractivity (Wildman–Crippen MR) is 108 cm³/mol. The fourth-order valence-corrected chi connectivity index (χ4v) is 2.47. The van der Waals surface area contributed by atoms with Crippen LogP contribution in [0.25, 0.3) is 0 Å². The van der Waals surface area contributed by atoms with E-state index in [0.717, 1.165) is 0 Å². The van der Waals surface area contributed by atoms with Gasteiger partial charge in [0, 0.05) is 0 Å². The van der Waals surface area contributed by atoms with Crippen LogP contribution in [0.4, 0.5) is 0 Å². The first-order chi connectivity index (χ1) is 14.1. The number of carbonyl (C=O) groups is 4. The van der Waals surface area contributed by atoms with Crippen molar-refractivity contribution < 1.29 is 34.5 Å². The Morgan fingerprint density at radius 3 is 1.83 bits per heavy atom. The van der Waals surface area contributed by atoms with Crippen LogP contribution in [0, 0.1) is 5.92 Å². The molecule has 0 aromatic rings. The van der Waals surface area contributed by atoms with Gasteiger partial charge in [0.2, 0.25) is 17.7 Å². The summed E-state index contributed by atoms with van der Waals surface area (Å²) in [6.07, 6.45) is 2.03. The van der Waals surface area contributed by atoms with E-state index in [1.807, 2.05) is 12.2 Å². The average Bonchev–Trinajstić information content (AvgIpc) is 2.73. The van der Waals surface area contributed by atoms with Crippen molar-refractivity contribution in [1.29, 1.82) is 0 Å². The highest BCUT2D eigenvalue weighted by molar-refractivity contribution is 5.94. The molecule has 12 heteroatoms. The van der Waals surface area contributed by atoms with Crippen LogP contribution in [0.2, 0.25) is 0 Å². The Morgan fingerprint density at radius 1 is 0.867 bits per heavy atom. The molecule has 12 nitrogen and oxygen atoms in total. The van der Waals surface area contributed by atoms with Crippen LogP contribution in [0.5, 0.6) is 0 Å². The van der Waals surface area contributed by atoms with Crippen molar-refractivity contribution in [2.75, 3.05) is 19.8 Å². The lowest BCUT2D eigenvalue weighted by atomic mass is 9.98. The van der Waals surface area contributed by atoms with Crippen molar-refractivity contribution in [2.45, 2.75) is 63.7 Å². The van der Waals surface area contributed by atoms with Crippen LogP contribution in [0.15, 0.2) is 0 Å². The summed E-state index contributed by atoms with van der Waals surface area (Å²) in [7, 11) is 0. The lowest BCUT2D eigenvalue weighted by molar-refractivity contribution is -0.143. The maximum absolute atomic E-state index is 12.6. The van der Waals surface area contributed by atoms with E-state index in [0.29, 0.717) is 25.8 Å². The van der Waals surface area contributed by atoms with Crippen molar-refractivity contribution in [3.63, 3.8) is 0 Å². The summed E-state index contributed by atoms with van der Waals surface area (Å²) in [6, 6.07) is -4.90. The fourth-order valence-electron chi connectivity index (χ4n) is 2.47. The van der Waals surface area contributed by atoms with Crippen molar-refractivity contribution >= 4 is 23.7 Å². The topological polar surface area (TPSA) is 217 Å². The van der Waals surface area contributed by atoms with Crippen molar-refractivity contribution in [3.05, 3.63) is 0 Å². The maximum Gasteiger partial charge on any atom is 0.328 e. The van der Waals surface area contributed by atoms with Gasteiger partial charge in [-0.1, -0.05) is 20.3 Å². The van der Waals surface area contributed by atoms with E-state index < -0.39 is 61.1 Å². The lowest BCUT2D eigenvalue weighted by Gasteiger charge is -2.25. The third-order valence-corrected chi connectivity index (χ3v) is 4.75. The summed E-state index contributed by atoms with van der Waals surface area (Å²) in [5.74, 6) is -3.83. The van der Waals surface area contributed by atoms with Crippen LogP contribution < -0.4 is 27.4 Å². The van der Waals surface area contributed by atoms with Gasteiger partial charge in [0.05, 0.1) is 19.3 Å². The molecule has 0 aliphatic carbocycles. The molecule has 0 aliphatic heterocycles. The van der Waals surface area contributed by atoms with E-state index in [9.17, 15) is 24.3 Å². The van der Waals surface area contributed by atoms with Gasteiger partial charge in [0.15, 0.2) is 0 Å². The third-order valence-electron chi connectivity index (χ3n) is 4.75. The zero-order valence-electron chi connectivity index (χ0n) is 17.5. The molecular formula is C18H35N5O7. The Morgan fingerprint density at radius 2 is 1.37 bits per heavy atom. The predicted octanol–water partition coefficient (Wildman–Crippen LogP) is -2.99. The molecule has 0 spiro atoms. The van der Waals surface area contributed by atoms with Crippen LogP contribution >= 0.6 is 0 Å². The summed E-state index contributed by atoms with van der Waals surface area (Å²) in [4.78, 5) is 48.1. The molecule has 5 unspecified atom stereocenters. The van der Waals surface area contributed by atoms with Gasteiger partial charge >= 0.3 is 5.97 Å². The number of nitrogens with two attached hydrogens (primary N) is 2. The zero-order valence-corrected chi connectivity index (χ0v) is 17.5. The Bertz CT molecular complexity index is 575. The van der Waals surface area contributed by atoms with Crippen LogP contribution in [0.3, 0.4) is 0 Å². The summed E-state index contributed by atoms with van der Waals surface area (Å²) < 4.78 is 0. The van der Waals surface area contributed by atoms with Crippen LogP contribution in [-0.2, 0) is 19.2 Å². The number of hydrogen-bond acceptors (Lipinski definition) is 8. The molecule has 30 heavy (non-hydrogen) atoms. The highest BCUT2D eigenvalue weighted by Gasteiger charge is 2.30. The Kier molecular flexibility index (Phi) is 13.5. The first kappa shape index (κ1) is 27.7. The summed E-state index contributed by atoms with van der Waals surface area (Å²) in [5.41, 5.74) is 11.4. The number of aliphatic carboxylic acids is 1. The first-order valence-electron chi connectivity index (χ1n) is 9.94. The Hall–Kier alpha value is -2.28. The highest BCUT2D eigenvalue weighted by atomic mass is 16.4. The van der Waals surface area contributed by atoms with Crippen molar-refractivity contribution in [1.82, 2.24) is 16.0 Å². The van der Waals surface area contributed by atoms with Crippen molar-refractivity contribution in [2.24, 2.45) is 17.4 Å². The molecule has 10 N–H and O–H groups in total. The molecule has 0 fully saturated rings. The molecule has 0 rings (SSSR count). The van der Waals surface area contributed by atoms with E-state index in [1.54, 1.807) is 6.92 Å². The first-order valence-corrected chi connectivity index (χ1v) is 9.94. The summed E-state index contributed by atoms with van der Waals surface area (Å²) in [6.45, 7) is 2.40. The molecule has 0 radical (unpaired) electrons. The number of nitrogens with one attached hydrogen (secondary N) is 3. The largest absolute Gasteiger partial charge is 0.480 e. The lowest BCUT2D eigenvalue weighted by Crippen LogP contribution is -2.58. The van der Waals surface area contributed by atoms with Crippen molar-refractivity contribution in [3.8, 4) is 0 Å². The van der Waals surface area contributed by atoms with Gasteiger partial charge in [-0.2, -0.15) is 0 Å². The molecule has 0 saturated heterocycles. The standard InChI is InChI=1S/C18H35N5O7/c1-3-10(2)14(20)17(28)21-11(6-4-5-7-19)15(26)22-12(8-24)16(27)23-13(9-25)18(29)30/h10-14,24-25H,3-9,19-20H2,1-2H3,(H,21,28)(H,22,26)(H,23,27)(H,29,30). The quantitative estimate of drug-likeness (QED) is 0.123. The minimum atomic E-state index is -1.59. The molecule has 5 atom stereocenters. The van der Waals surface area contributed by atoms with Gasteiger partial charge in [-0.3, -0.25) is 14.4 Å². The van der Waals surface area contributed by atoms with Gasteiger partial charge in [-0.25, -0.2) is 4.79 Å². The minimum absolute atomic E-state index is 0.111. The third kappa shape index (κ3) is 9.48. The van der Waals surface area contributed by atoms with Gasteiger partial charge in [0.25, 0.3) is 0 Å². The number of carbonyl (C=O) groups excluding carboxylic acids is 3. The van der Waals surface area contributed by atoms with Crippen LogP contribution in [-0.4, -0.2) is 82.9 Å². The monoisotopic (exact) mass is 433 g/mol. The fraction of sp³-hybridized carbons (Fsp3) is 0.778. The average molecular weight is 434 g/mol. The second-order valence-corrected chi connectivity index (χ2v) is 7.08. The number of amides is 3. The minimum Gasteiger partial charge on any atom is -0.480 e. The summed E-state index contributed by atoms with van der Waals surface area (Å²) in [5, 5.41) is 34.2. The van der Waals surface area contributed by atoms with Gasteiger partial charge in [-0.05, 0) is 31.7 Å². The number of hydrogen-bond donors (Lipinski definition) is 8. The molecule has 0 aromatic heterocycles. The number of carboxylic acid groups (broad SMARTS) is 1. The van der Waals surface area contributed by atoms with E-state index in [4.69, 9.17) is 21.7 Å². The number of carboxylic acids is 1. The second-order valence-electron chi connectivity index (χ2n) is 7.08.